The predicted molar refractivity (Wildman–Crippen MR) is 129 cm³/mol. The molecule has 1 fully saturated rings. The van der Waals surface area contributed by atoms with E-state index in [9.17, 15) is 4.79 Å². The Morgan fingerprint density at radius 2 is 1.88 bits per heavy atom. The Bertz CT molecular complexity index is 1090. The lowest BCUT2D eigenvalue weighted by molar-refractivity contribution is 0.0926. The summed E-state index contributed by atoms with van der Waals surface area (Å²) >= 11 is 0. The molecule has 0 unspecified atom stereocenters. The van der Waals surface area contributed by atoms with Crippen LogP contribution in [0.1, 0.15) is 75.3 Å². The Balaban J connectivity index is 1.40. The molecule has 0 bridgehead atoms. The van der Waals surface area contributed by atoms with Crippen LogP contribution in [-0.4, -0.2) is 50.2 Å². The van der Waals surface area contributed by atoms with Gasteiger partial charge < -0.3 is 10.2 Å². The Morgan fingerprint density at radius 3 is 2.48 bits per heavy atom. The van der Waals surface area contributed by atoms with E-state index in [1.807, 2.05) is 24.4 Å². The van der Waals surface area contributed by atoms with Crippen LogP contribution < -0.4 is 10.2 Å². The van der Waals surface area contributed by atoms with Crippen molar-refractivity contribution in [2.24, 2.45) is 0 Å². The van der Waals surface area contributed by atoms with Crippen molar-refractivity contribution < 1.29 is 4.79 Å². The number of hydrogen-bond donors (Lipinski definition) is 2. The van der Waals surface area contributed by atoms with E-state index in [1.165, 1.54) is 0 Å². The van der Waals surface area contributed by atoms with Crippen LogP contribution in [0.3, 0.4) is 0 Å². The fraction of sp³-hybridized carbons (Fsp3) is 0.480. The molecule has 8 nitrogen and oxygen atoms in total. The number of aromatic amines is 1. The summed E-state index contributed by atoms with van der Waals surface area (Å²) in [6.07, 6.45) is 7.19. The van der Waals surface area contributed by atoms with E-state index in [2.05, 4.69) is 65.0 Å². The number of carbonyl (C=O) groups excluding carboxylic acids is 1. The van der Waals surface area contributed by atoms with Crippen LogP contribution in [0, 0.1) is 0 Å². The average Bonchev–Trinajstić information content (AvgIpc) is 3.31. The Labute approximate surface area is 195 Å². The van der Waals surface area contributed by atoms with Crippen molar-refractivity contribution in [1.29, 1.82) is 0 Å². The van der Waals surface area contributed by atoms with Gasteiger partial charge in [-0.05, 0) is 42.5 Å². The Hall–Kier alpha value is -3.29. The van der Waals surface area contributed by atoms with Crippen molar-refractivity contribution in [3.05, 3.63) is 53.9 Å². The second kappa shape index (κ2) is 9.29. The summed E-state index contributed by atoms with van der Waals surface area (Å²) in [6, 6.07) is 5.93. The number of nitrogens with one attached hydrogen (secondary N) is 2. The van der Waals surface area contributed by atoms with Gasteiger partial charge in [-0.1, -0.05) is 34.6 Å². The molecule has 33 heavy (non-hydrogen) atoms. The fourth-order valence-corrected chi connectivity index (χ4v) is 4.04. The predicted octanol–water partition coefficient (Wildman–Crippen LogP) is 4.08. The number of H-pyrrole nitrogens is 1. The summed E-state index contributed by atoms with van der Waals surface area (Å²) in [5.41, 5.74) is 4.49. The van der Waals surface area contributed by atoms with Gasteiger partial charge in [0.1, 0.15) is 5.69 Å². The first kappa shape index (κ1) is 22.9. The summed E-state index contributed by atoms with van der Waals surface area (Å²) in [7, 11) is 0. The molecule has 0 spiro atoms. The van der Waals surface area contributed by atoms with Crippen molar-refractivity contribution in [1.82, 2.24) is 30.5 Å². The topological polar surface area (TPSA) is 99.7 Å². The van der Waals surface area contributed by atoms with Crippen molar-refractivity contribution >= 4 is 11.9 Å². The van der Waals surface area contributed by atoms with E-state index < -0.39 is 0 Å². The van der Waals surface area contributed by atoms with E-state index in [0.29, 0.717) is 5.69 Å². The van der Waals surface area contributed by atoms with Crippen molar-refractivity contribution in [3.8, 4) is 11.1 Å². The lowest BCUT2D eigenvalue weighted by Gasteiger charge is -2.32. The molecule has 174 valence electrons. The Morgan fingerprint density at radius 1 is 1.18 bits per heavy atom. The average molecular weight is 448 g/mol. The molecule has 3 aromatic heterocycles. The van der Waals surface area contributed by atoms with Crippen molar-refractivity contribution in [2.45, 2.75) is 64.8 Å². The minimum Gasteiger partial charge on any atom is -0.348 e. The van der Waals surface area contributed by atoms with E-state index in [4.69, 9.17) is 4.98 Å². The molecule has 0 saturated carbocycles. The van der Waals surface area contributed by atoms with E-state index >= 15 is 0 Å². The van der Waals surface area contributed by atoms with Gasteiger partial charge in [-0.2, -0.15) is 5.10 Å². The van der Waals surface area contributed by atoms with Gasteiger partial charge in [0.05, 0.1) is 5.69 Å². The van der Waals surface area contributed by atoms with Gasteiger partial charge in [-0.3, -0.25) is 14.9 Å². The molecular formula is C25H33N7O. The summed E-state index contributed by atoms with van der Waals surface area (Å²) < 4.78 is 0. The molecule has 0 aromatic carbocycles. The van der Waals surface area contributed by atoms with Crippen LogP contribution in [0.4, 0.5) is 5.95 Å². The highest BCUT2D eigenvalue weighted by molar-refractivity contribution is 5.92. The van der Waals surface area contributed by atoms with Gasteiger partial charge in [0, 0.05) is 54.4 Å². The van der Waals surface area contributed by atoms with Gasteiger partial charge in [0.25, 0.3) is 5.91 Å². The van der Waals surface area contributed by atoms with Crippen LogP contribution >= 0.6 is 0 Å². The maximum atomic E-state index is 12.7. The molecule has 4 rings (SSSR count). The normalized spacial score (nSPS) is 15.2. The molecule has 0 atom stereocenters. The number of pyridine rings is 1. The van der Waals surface area contributed by atoms with Gasteiger partial charge >= 0.3 is 0 Å². The number of aromatic nitrogens is 5. The third kappa shape index (κ3) is 5.21. The fourth-order valence-electron chi connectivity index (χ4n) is 4.04. The number of nitrogens with zero attached hydrogens (tertiary/aromatic N) is 5. The minimum absolute atomic E-state index is 0.0708. The summed E-state index contributed by atoms with van der Waals surface area (Å²) in [6.45, 7) is 12.2. The van der Waals surface area contributed by atoms with E-state index in [-0.39, 0.29) is 23.3 Å². The quantitative estimate of drug-likeness (QED) is 0.611. The number of amides is 1. The lowest BCUT2D eigenvalue weighted by atomic mass is 9.92. The number of hydrogen-bond acceptors (Lipinski definition) is 6. The zero-order valence-electron chi connectivity index (χ0n) is 20.1. The highest BCUT2D eigenvalue weighted by atomic mass is 16.2. The molecule has 0 radical (unpaired) electrons. The van der Waals surface area contributed by atoms with Gasteiger partial charge in [-0.25, -0.2) is 9.97 Å². The van der Waals surface area contributed by atoms with Gasteiger partial charge in [0.2, 0.25) is 5.95 Å². The number of carbonyl (C=O) groups is 1. The first-order valence-electron chi connectivity index (χ1n) is 11.6. The molecule has 8 heteroatoms. The third-order valence-electron chi connectivity index (χ3n) is 6.08. The smallest absolute Gasteiger partial charge is 0.271 e. The summed E-state index contributed by atoms with van der Waals surface area (Å²) in [5, 5.41) is 10.3. The molecule has 1 saturated heterocycles. The van der Waals surface area contributed by atoms with Crippen molar-refractivity contribution in [2.75, 3.05) is 18.0 Å². The lowest BCUT2D eigenvalue weighted by Crippen LogP contribution is -2.45. The molecule has 4 heterocycles. The second-order valence-electron chi connectivity index (χ2n) is 10.0. The van der Waals surface area contributed by atoms with Crippen LogP contribution in [0.2, 0.25) is 0 Å². The van der Waals surface area contributed by atoms with Crippen LogP contribution in [0.5, 0.6) is 0 Å². The molecule has 2 N–H and O–H groups in total. The maximum Gasteiger partial charge on any atom is 0.271 e. The summed E-state index contributed by atoms with van der Waals surface area (Å²) in [5.74, 6) is 0.905. The highest BCUT2D eigenvalue weighted by Crippen LogP contribution is 2.29. The van der Waals surface area contributed by atoms with E-state index in [1.54, 1.807) is 12.4 Å². The van der Waals surface area contributed by atoms with Crippen molar-refractivity contribution in [3.63, 3.8) is 0 Å². The third-order valence-corrected chi connectivity index (χ3v) is 6.08. The number of rotatable bonds is 5. The molecular weight excluding hydrogens is 414 g/mol. The molecule has 1 aliphatic rings. The van der Waals surface area contributed by atoms with Gasteiger partial charge in [-0.15, -0.1) is 0 Å². The molecule has 1 amide bonds. The monoisotopic (exact) mass is 447 g/mol. The number of anilines is 1. The molecule has 3 aromatic rings. The first-order chi connectivity index (χ1) is 15.7. The summed E-state index contributed by atoms with van der Waals surface area (Å²) in [4.78, 5) is 28.6. The van der Waals surface area contributed by atoms with Crippen LogP contribution in [-0.2, 0) is 5.41 Å². The standard InChI is InChI=1S/C25H33N7O/c1-16(2)22-19(17-6-10-26-11-7-17)15-27-24(29-22)32-12-8-18(9-13-32)28-23(33)20-14-21(31-30-20)25(3,4)5/h6-7,10-11,14-16,18H,8-9,12-13H2,1-5H3,(H,28,33)(H,30,31). The first-order valence-corrected chi connectivity index (χ1v) is 11.6. The van der Waals surface area contributed by atoms with Gasteiger partial charge in [0.15, 0.2) is 0 Å². The van der Waals surface area contributed by atoms with Crippen LogP contribution in [0.15, 0.2) is 36.8 Å². The zero-order valence-corrected chi connectivity index (χ0v) is 20.1. The minimum atomic E-state index is -0.125. The highest BCUT2D eigenvalue weighted by Gasteiger charge is 2.25. The molecule has 1 aliphatic heterocycles. The van der Waals surface area contributed by atoms with Crippen LogP contribution in [0.25, 0.3) is 11.1 Å². The number of piperidine rings is 1. The Kier molecular flexibility index (Phi) is 6.44. The SMILES string of the molecule is CC(C)c1nc(N2CCC(NC(=O)c3cc(C(C)(C)C)[nH]n3)CC2)ncc1-c1ccncc1. The largest absolute Gasteiger partial charge is 0.348 e. The maximum absolute atomic E-state index is 12.7. The second-order valence-corrected chi connectivity index (χ2v) is 10.0. The van der Waals surface area contributed by atoms with E-state index in [0.717, 1.165) is 54.4 Å². The molecule has 0 aliphatic carbocycles. The zero-order chi connectivity index (χ0) is 23.6.